The molecular weight excluding hydrogens is 188 g/mol. The fourth-order valence-corrected chi connectivity index (χ4v) is 1.93. The van der Waals surface area contributed by atoms with E-state index in [1.54, 1.807) is 6.26 Å². The van der Waals surface area contributed by atoms with E-state index in [0.717, 1.165) is 25.1 Å². The van der Waals surface area contributed by atoms with E-state index in [4.69, 9.17) is 10.2 Å². The smallest absolute Gasteiger partial charge is 0.122 e. The molecule has 15 heavy (non-hydrogen) atoms. The van der Waals surface area contributed by atoms with Crippen molar-refractivity contribution in [1.29, 1.82) is 0 Å². The van der Waals surface area contributed by atoms with Crippen LogP contribution in [0.1, 0.15) is 38.5 Å². The fourth-order valence-electron chi connectivity index (χ4n) is 1.93. The summed E-state index contributed by atoms with van der Waals surface area (Å²) in [4.78, 5) is 2.27. The van der Waals surface area contributed by atoms with E-state index >= 15 is 0 Å². The third-order valence-electron chi connectivity index (χ3n) is 2.76. The molecular formula is C12H22N2O. The third-order valence-corrected chi connectivity index (χ3v) is 2.76. The summed E-state index contributed by atoms with van der Waals surface area (Å²) in [5, 5.41) is 0. The van der Waals surface area contributed by atoms with Crippen LogP contribution in [0.25, 0.3) is 0 Å². The minimum Gasteiger partial charge on any atom is -0.468 e. The maximum absolute atomic E-state index is 6.14. The van der Waals surface area contributed by atoms with Crippen molar-refractivity contribution in [3.8, 4) is 0 Å². The Bertz CT molecular complexity index is 259. The highest BCUT2D eigenvalue weighted by Gasteiger charge is 2.24. The number of hydrogen-bond donors (Lipinski definition) is 1. The summed E-state index contributed by atoms with van der Waals surface area (Å²) >= 11 is 0. The van der Waals surface area contributed by atoms with E-state index < -0.39 is 0 Å². The van der Waals surface area contributed by atoms with Crippen molar-refractivity contribution in [2.24, 2.45) is 5.73 Å². The Kier molecular flexibility index (Phi) is 4.85. The summed E-state index contributed by atoms with van der Waals surface area (Å²) in [7, 11) is 2.10. The van der Waals surface area contributed by atoms with Gasteiger partial charge in [0.2, 0.25) is 0 Å². The first-order chi connectivity index (χ1) is 7.20. The Balaban J connectivity index is 2.78. The van der Waals surface area contributed by atoms with Crippen LogP contribution in [-0.4, -0.2) is 24.5 Å². The van der Waals surface area contributed by atoms with Gasteiger partial charge in [-0.3, -0.25) is 4.90 Å². The minimum atomic E-state index is 0.132. The Morgan fingerprint density at radius 1 is 1.47 bits per heavy atom. The SMILES string of the molecule is CCCN(C)C(c1ccco1)C(N)CC. The number of nitrogens with zero attached hydrogens (tertiary/aromatic N) is 1. The monoisotopic (exact) mass is 210 g/mol. The first-order valence-electron chi connectivity index (χ1n) is 5.69. The first-order valence-corrected chi connectivity index (χ1v) is 5.69. The average molecular weight is 210 g/mol. The molecule has 0 radical (unpaired) electrons. The van der Waals surface area contributed by atoms with Crippen LogP contribution in [0, 0.1) is 0 Å². The molecule has 0 amide bonds. The molecule has 0 saturated carbocycles. The van der Waals surface area contributed by atoms with Gasteiger partial charge in [-0.2, -0.15) is 0 Å². The maximum atomic E-state index is 6.14. The zero-order valence-corrected chi connectivity index (χ0v) is 9.94. The van der Waals surface area contributed by atoms with Gasteiger partial charge < -0.3 is 10.2 Å². The Morgan fingerprint density at radius 3 is 2.67 bits per heavy atom. The summed E-state index contributed by atoms with van der Waals surface area (Å²) in [5.41, 5.74) is 6.14. The summed E-state index contributed by atoms with van der Waals surface area (Å²) in [6, 6.07) is 4.26. The number of nitrogens with two attached hydrogens (primary N) is 1. The molecule has 86 valence electrons. The van der Waals surface area contributed by atoms with E-state index in [9.17, 15) is 0 Å². The van der Waals surface area contributed by atoms with Gasteiger partial charge in [0, 0.05) is 6.04 Å². The van der Waals surface area contributed by atoms with Crippen LogP contribution in [0.5, 0.6) is 0 Å². The van der Waals surface area contributed by atoms with Crippen molar-refractivity contribution in [3.63, 3.8) is 0 Å². The zero-order valence-electron chi connectivity index (χ0n) is 9.94. The van der Waals surface area contributed by atoms with Crippen molar-refractivity contribution >= 4 is 0 Å². The summed E-state index contributed by atoms with van der Waals surface area (Å²) in [6.45, 7) is 5.33. The summed E-state index contributed by atoms with van der Waals surface area (Å²) < 4.78 is 5.46. The molecule has 0 aliphatic rings. The molecule has 1 rings (SSSR count). The molecule has 0 fully saturated rings. The lowest BCUT2D eigenvalue weighted by atomic mass is 10.0. The Labute approximate surface area is 92.2 Å². The second-order valence-electron chi connectivity index (χ2n) is 4.01. The minimum absolute atomic E-state index is 0.132. The molecule has 0 saturated heterocycles. The van der Waals surface area contributed by atoms with Crippen LogP contribution < -0.4 is 5.73 Å². The lowest BCUT2D eigenvalue weighted by Crippen LogP contribution is -2.38. The molecule has 3 nitrogen and oxygen atoms in total. The summed E-state index contributed by atoms with van der Waals surface area (Å²) in [5.74, 6) is 0.973. The highest BCUT2D eigenvalue weighted by molar-refractivity contribution is 5.07. The van der Waals surface area contributed by atoms with Gasteiger partial charge in [0.05, 0.1) is 12.3 Å². The van der Waals surface area contributed by atoms with Crippen LogP contribution in [0.2, 0.25) is 0 Å². The largest absolute Gasteiger partial charge is 0.468 e. The molecule has 1 heterocycles. The highest BCUT2D eigenvalue weighted by atomic mass is 16.3. The number of hydrogen-bond acceptors (Lipinski definition) is 3. The van der Waals surface area contributed by atoms with Gasteiger partial charge in [-0.25, -0.2) is 0 Å². The van der Waals surface area contributed by atoms with Gasteiger partial charge in [-0.1, -0.05) is 13.8 Å². The van der Waals surface area contributed by atoms with Gasteiger partial charge >= 0.3 is 0 Å². The van der Waals surface area contributed by atoms with Gasteiger partial charge in [0.25, 0.3) is 0 Å². The molecule has 1 aromatic rings. The maximum Gasteiger partial charge on any atom is 0.122 e. The van der Waals surface area contributed by atoms with E-state index in [1.807, 2.05) is 12.1 Å². The van der Waals surface area contributed by atoms with Crippen molar-refractivity contribution in [1.82, 2.24) is 4.90 Å². The van der Waals surface area contributed by atoms with Crippen molar-refractivity contribution < 1.29 is 4.42 Å². The van der Waals surface area contributed by atoms with Crippen LogP contribution in [0.15, 0.2) is 22.8 Å². The molecule has 0 bridgehead atoms. The lowest BCUT2D eigenvalue weighted by Gasteiger charge is -2.30. The standard InChI is InChI=1S/C12H22N2O/c1-4-8-14(3)12(10(13)5-2)11-7-6-9-15-11/h6-7,9-10,12H,4-5,8,13H2,1-3H3. The number of furan rings is 1. The van der Waals surface area contributed by atoms with Crippen molar-refractivity contribution in [2.45, 2.75) is 38.8 Å². The fraction of sp³-hybridized carbons (Fsp3) is 0.667. The van der Waals surface area contributed by atoms with Gasteiger partial charge in [0.1, 0.15) is 5.76 Å². The normalized spacial score (nSPS) is 15.5. The second-order valence-corrected chi connectivity index (χ2v) is 4.01. The topological polar surface area (TPSA) is 42.4 Å². The molecule has 0 spiro atoms. The van der Waals surface area contributed by atoms with E-state index in [2.05, 4.69) is 25.8 Å². The van der Waals surface area contributed by atoms with Gasteiger partial charge in [-0.15, -0.1) is 0 Å². The molecule has 0 aromatic carbocycles. The van der Waals surface area contributed by atoms with Crippen LogP contribution in [0.3, 0.4) is 0 Å². The number of rotatable bonds is 6. The third kappa shape index (κ3) is 3.08. The second kappa shape index (κ2) is 5.93. The molecule has 0 aliphatic heterocycles. The Morgan fingerprint density at radius 2 is 2.20 bits per heavy atom. The molecule has 2 unspecified atom stereocenters. The van der Waals surface area contributed by atoms with Crippen LogP contribution in [0.4, 0.5) is 0 Å². The van der Waals surface area contributed by atoms with Crippen LogP contribution in [-0.2, 0) is 0 Å². The predicted molar refractivity (Wildman–Crippen MR) is 62.6 cm³/mol. The quantitative estimate of drug-likeness (QED) is 0.784. The van der Waals surface area contributed by atoms with Crippen molar-refractivity contribution in [3.05, 3.63) is 24.2 Å². The molecule has 2 N–H and O–H groups in total. The van der Waals surface area contributed by atoms with Gasteiger partial charge in [-0.05, 0) is 38.6 Å². The lowest BCUT2D eigenvalue weighted by molar-refractivity contribution is 0.183. The van der Waals surface area contributed by atoms with E-state index in [1.165, 1.54) is 0 Å². The Hall–Kier alpha value is -0.800. The first kappa shape index (κ1) is 12.3. The molecule has 1 aromatic heterocycles. The number of likely N-dealkylation sites (N-methyl/N-ethyl adjacent to an activating group) is 1. The van der Waals surface area contributed by atoms with E-state index in [-0.39, 0.29) is 12.1 Å². The van der Waals surface area contributed by atoms with Crippen molar-refractivity contribution in [2.75, 3.05) is 13.6 Å². The predicted octanol–water partition coefficient (Wildman–Crippen LogP) is 2.40. The molecule has 0 aliphatic carbocycles. The zero-order chi connectivity index (χ0) is 11.3. The highest BCUT2D eigenvalue weighted by Crippen LogP contribution is 2.24. The average Bonchev–Trinajstić information content (AvgIpc) is 2.71. The van der Waals surface area contributed by atoms with E-state index in [0.29, 0.717) is 0 Å². The van der Waals surface area contributed by atoms with Gasteiger partial charge in [0.15, 0.2) is 0 Å². The van der Waals surface area contributed by atoms with Crippen LogP contribution >= 0.6 is 0 Å². The summed E-state index contributed by atoms with van der Waals surface area (Å²) in [6.07, 6.45) is 3.80. The molecule has 3 heteroatoms. The molecule has 2 atom stereocenters.